The molecule has 1 aromatic rings. The van der Waals surface area contributed by atoms with Crippen molar-refractivity contribution in [2.24, 2.45) is 5.73 Å². The highest BCUT2D eigenvalue weighted by molar-refractivity contribution is 5.44. The number of methoxy groups -OCH3 is 1. The van der Waals surface area contributed by atoms with Gasteiger partial charge in [0.2, 0.25) is 0 Å². The molecule has 1 saturated carbocycles. The third-order valence-corrected chi connectivity index (χ3v) is 3.96. The summed E-state index contributed by atoms with van der Waals surface area (Å²) in [5, 5.41) is 0. The second-order valence-corrected chi connectivity index (χ2v) is 4.91. The van der Waals surface area contributed by atoms with Gasteiger partial charge in [0.05, 0.1) is 7.11 Å². The monoisotopic (exact) mass is 237 g/mol. The molecule has 1 atom stereocenters. The van der Waals surface area contributed by atoms with Crippen LogP contribution in [0.5, 0.6) is 5.75 Å². The molecule has 2 N–H and O–H groups in total. The number of halogens is 1. The van der Waals surface area contributed by atoms with Crippen LogP contribution in [0.4, 0.5) is 4.39 Å². The Morgan fingerprint density at radius 3 is 2.59 bits per heavy atom. The van der Waals surface area contributed by atoms with Crippen LogP contribution in [-0.4, -0.2) is 13.7 Å². The minimum absolute atomic E-state index is 0.0102. The van der Waals surface area contributed by atoms with E-state index in [0.29, 0.717) is 12.1 Å². The second kappa shape index (κ2) is 4.65. The molecule has 1 aliphatic rings. The summed E-state index contributed by atoms with van der Waals surface area (Å²) in [6.45, 7) is 2.16. The van der Waals surface area contributed by atoms with Crippen LogP contribution in [0.15, 0.2) is 18.2 Å². The van der Waals surface area contributed by atoms with Crippen LogP contribution in [0.25, 0.3) is 0 Å². The number of alkyl halides is 1. The molecule has 0 radical (unpaired) electrons. The van der Waals surface area contributed by atoms with Gasteiger partial charge in [-0.3, -0.25) is 0 Å². The van der Waals surface area contributed by atoms with Crippen molar-refractivity contribution in [3.05, 3.63) is 29.3 Å². The number of hydrogen-bond acceptors (Lipinski definition) is 2. The molecule has 94 valence electrons. The Morgan fingerprint density at radius 2 is 2.18 bits per heavy atom. The zero-order valence-electron chi connectivity index (χ0n) is 10.5. The highest BCUT2D eigenvalue weighted by atomic mass is 19.1. The van der Waals surface area contributed by atoms with Gasteiger partial charge in [-0.15, -0.1) is 0 Å². The first-order valence-corrected chi connectivity index (χ1v) is 6.15. The molecule has 2 rings (SSSR count). The predicted molar refractivity (Wildman–Crippen MR) is 67.1 cm³/mol. The van der Waals surface area contributed by atoms with Crippen LogP contribution >= 0.6 is 0 Å². The standard InChI is InChI=1S/C14H20FNO/c1-10(15)11-4-5-13(17-2)12(8-11)14(9-16)6-3-7-14/h4-5,8,10H,3,6-7,9,16H2,1-2H3. The molecule has 0 amide bonds. The van der Waals surface area contributed by atoms with Gasteiger partial charge >= 0.3 is 0 Å². The largest absolute Gasteiger partial charge is 0.496 e. The lowest BCUT2D eigenvalue weighted by Gasteiger charge is -2.42. The van der Waals surface area contributed by atoms with E-state index in [-0.39, 0.29) is 5.41 Å². The summed E-state index contributed by atoms with van der Waals surface area (Å²) in [5.74, 6) is 0.833. The fraction of sp³-hybridized carbons (Fsp3) is 0.571. The minimum atomic E-state index is -0.949. The lowest BCUT2D eigenvalue weighted by molar-refractivity contribution is 0.242. The minimum Gasteiger partial charge on any atom is -0.496 e. The summed E-state index contributed by atoms with van der Waals surface area (Å²) in [5.41, 5.74) is 7.70. The number of nitrogens with two attached hydrogens (primary N) is 1. The lowest BCUT2D eigenvalue weighted by atomic mass is 9.64. The van der Waals surface area contributed by atoms with Crippen molar-refractivity contribution in [1.29, 1.82) is 0 Å². The Morgan fingerprint density at radius 1 is 1.47 bits per heavy atom. The molecule has 0 aliphatic heterocycles. The summed E-state index contributed by atoms with van der Waals surface area (Å²) in [6.07, 6.45) is 2.39. The first kappa shape index (κ1) is 12.4. The molecule has 0 heterocycles. The molecule has 1 aromatic carbocycles. The van der Waals surface area contributed by atoms with Crippen molar-refractivity contribution in [3.8, 4) is 5.75 Å². The third-order valence-electron chi connectivity index (χ3n) is 3.96. The molecule has 0 aromatic heterocycles. The second-order valence-electron chi connectivity index (χ2n) is 4.91. The normalized spacial score (nSPS) is 19.5. The average Bonchev–Trinajstić information content (AvgIpc) is 2.28. The van der Waals surface area contributed by atoms with E-state index in [1.54, 1.807) is 20.1 Å². The molecule has 1 aliphatic carbocycles. The Labute approximate surface area is 102 Å². The average molecular weight is 237 g/mol. The van der Waals surface area contributed by atoms with Crippen molar-refractivity contribution in [2.75, 3.05) is 13.7 Å². The molecular weight excluding hydrogens is 217 g/mol. The van der Waals surface area contributed by atoms with E-state index in [0.717, 1.165) is 24.2 Å². The molecule has 2 nitrogen and oxygen atoms in total. The molecule has 3 heteroatoms. The smallest absolute Gasteiger partial charge is 0.122 e. The number of benzene rings is 1. The quantitative estimate of drug-likeness (QED) is 0.873. The van der Waals surface area contributed by atoms with E-state index in [1.807, 2.05) is 12.1 Å². The van der Waals surface area contributed by atoms with Crippen LogP contribution < -0.4 is 10.5 Å². The summed E-state index contributed by atoms with van der Waals surface area (Å²) >= 11 is 0. The molecule has 1 fully saturated rings. The zero-order chi connectivity index (χ0) is 12.5. The van der Waals surface area contributed by atoms with Crippen molar-refractivity contribution >= 4 is 0 Å². The predicted octanol–water partition coefficient (Wildman–Crippen LogP) is 3.11. The Hall–Kier alpha value is -1.09. The van der Waals surface area contributed by atoms with Crippen LogP contribution in [-0.2, 0) is 5.41 Å². The van der Waals surface area contributed by atoms with Gasteiger partial charge in [0.15, 0.2) is 0 Å². The van der Waals surface area contributed by atoms with Crippen molar-refractivity contribution < 1.29 is 9.13 Å². The molecular formula is C14H20FNO. The van der Waals surface area contributed by atoms with Crippen LogP contribution in [0, 0.1) is 0 Å². The first-order valence-electron chi connectivity index (χ1n) is 6.15. The maximum atomic E-state index is 13.4. The van der Waals surface area contributed by atoms with Crippen molar-refractivity contribution in [1.82, 2.24) is 0 Å². The van der Waals surface area contributed by atoms with Gasteiger partial charge in [-0.2, -0.15) is 0 Å². The Kier molecular flexibility index (Phi) is 3.38. The van der Waals surface area contributed by atoms with Crippen LogP contribution in [0.3, 0.4) is 0 Å². The van der Waals surface area contributed by atoms with E-state index in [9.17, 15) is 4.39 Å². The summed E-state index contributed by atoms with van der Waals surface area (Å²) in [7, 11) is 1.65. The number of ether oxygens (including phenoxy) is 1. The van der Waals surface area contributed by atoms with E-state index >= 15 is 0 Å². The topological polar surface area (TPSA) is 35.2 Å². The zero-order valence-corrected chi connectivity index (χ0v) is 10.5. The van der Waals surface area contributed by atoms with Crippen molar-refractivity contribution in [2.45, 2.75) is 37.8 Å². The molecule has 0 saturated heterocycles. The van der Waals surface area contributed by atoms with Gasteiger partial charge in [0.25, 0.3) is 0 Å². The highest BCUT2D eigenvalue weighted by Gasteiger charge is 2.39. The molecule has 0 bridgehead atoms. The van der Waals surface area contributed by atoms with Gasteiger partial charge in [-0.25, -0.2) is 4.39 Å². The van der Waals surface area contributed by atoms with E-state index in [2.05, 4.69) is 0 Å². The van der Waals surface area contributed by atoms with Gasteiger partial charge < -0.3 is 10.5 Å². The van der Waals surface area contributed by atoms with Gasteiger partial charge in [0.1, 0.15) is 11.9 Å². The highest BCUT2D eigenvalue weighted by Crippen LogP contribution is 2.47. The Balaban J connectivity index is 2.45. The SMILES string of the molecule is COc1ccc(C(C)F)cc1C1(CN)CCC1. The lowest BCUT2D eigenvalue weighted by Crippen LogP contribution is -2.41. The van der Waals surface area contributed by atoms with Crippen molar-refractivity contribution in [3.63, 3.8) is 0 Å². The first-order chi connectivity index (χ1) is 8.13. The van der Waals surface area contributed by atoms with Crippen LogP contribution in [0.2, 0.25) is 0 Å². The van der Waals surface area contributed by atoms with Gasteiger partial charge in [-0.1, -0.05) is 12.5 Å². The molecule has 1 unspecified atom stereocenters. The van der Waals surface area contributed by atoms with E-state index in [4.69, 9.17) is 10.5 Å². The number of rotatable bonds is 4. The van der Waals surface area contributed by atoms with E-state index in [1.165, 1.54) is 6.42 Å². The fourth-order valence-electron chi connectivity index (χ4n) is 2.57. The molecule has 0 spiro atoms. The molecule has 17 heavy (non-hydrogen) atoms. The van der Waals surface area contributed by atoms with Crippen LogP contribution in [0.1, 0.15) is 43.5 Å². The fourth-order valence-corrected chi connectivity index (χ4v) is 2.57. The maximum Gasteiger partial charge on any atom is 0.122 e. The maximum absolute atomic E-state index is 13.4. The van der Waals surface area contributed by atoms with Gasteiger partial charge in [0, 0.05) is 17.5 Å². The van der Waals surface area contributed by atoms with Gasteiger partial charge in [-0.05, 0) is 37.5 Å². The number of hydrogen-bond donors (Lipinski definition) is 1. The third kappa shape index (κ3) is 2.04. The Bertz CT molecular complexity index is 394. The van der Waals surface area contributed by atoms with E-state index < -0.39 is 6.17 Å². The summed E-state index contributed by atoms with van der Waals surface area (Å²) in [4.78, 5) is 0. The summed E-state index contributed by atoms with van der Waals surface area (Å²) in [6, 6.07) is 5.57. The summed E-state index contributed by atoms with van der Waals surface area (Å²) < 4.78 is 18.8.